The summed E-state index contributed by atoms with van der Waals surface area (Å²) in [5, 5.41) is 8.94. The number of aromatic nitrogens is 3. The molecule has 0 spiro atoms. The van der Waals surface area contributed by atoms with Crippen LogP contribution in [0.2, 0.25) is 0 Å². The first-order chi connectivity index (χ1) is 8.78. The summed E-state index contributed by atoms with van der Waals surface area (Å²) in [4.78, 5) is 2.54. The third-order valence-electron chi connectivity index (χ3n) is 4.55. The van der Waals surface area contributed by atoms with Gasteiger partial charge >= 0.3 is 0 Å². The van der Waals surface area contributed by atoms with Gasteiger partial charge < -0.3 is 9.47 Å². The van der Waals surface area contributed by atoms with E-state index < -0.39 is 0 Å². The zero-order chi connectivity index (χ0) is 12.5. The van der Waals surface area contributed by atoms with Crippen LogP contribution in [0.5, 0.6) is 0 Å². The Bertz CT molecular complexity index is 412. The monoisotopic (exact) mass is 248 g/mol. The molecular formula is C14H24N4. The van der Waals surface area contributed by atoms with Gasteiger partial charge in [-0.15, -0.1) is 10.2 Å². The summed E-state index contributed by atoms with van der Waals surface area (Å²) < 4.78 is 2.41. The fourth-order valence-corrected chi connectivity index (χ4v) is 3.36. The third-order valence-corrected chi connectivity index (χ3v) is 4.55. The summed E-state index contributed by atoms with van der Waals surface area (Å²) in [6.07, 6.45) is 4.97. The van der Waals surface area contributed by atoms with Gasteiger partial charge in [-0.2, -0.15) is 0 Å². The Hall–Kier alpha value is -0.900. The number of hydrogen-bond donors (Lipinski definition) is 0. The summed E-state index contributed by atoms with van der Waals surface area (Å²) in [6.45, 7) is 9.28. The first-order valence-electron chi connectivity index (χ1n) is 7.42. The molecule has 0 aliphatic carbocycles. The molecule has 3 rings (SSSR count). The van der Waals surface area contributed by atoms with Gasteiger partial charge in [0.25, 0.3) is 0 Å². The average molecular weight is 248 g/mol. The Morgan fingerprint density at radius 2 is 2.11 bits per heavy atom. The molecule has 4 nitrogen and oxygen atoms in total. The van der Waals surface area contributed by atoms with Crippen molar-refractivity contribution in [3.05, 3.63) is 11.6 Å². The van der Waals surface area contributed by atoms with E-state index in [0.717, 1.165) is 25.4 Å². The van der Waals surface area contributed by atoms with Crippen LogP contribution in [0.1, 0.15) is 50.7 Å². The number of likely N-dealkylation sites (tertiary alicyclic amines) is 1. The van der Waals surface area contributed by atoms with Gasteiger partial charge in [0, 0.05) is 25.4 Å². The van der Waals surface area contributed by atoms with Crippen molar-refractivity contribution in [3.63, 3.8) is 0 Å². The zero-order valence-corrected chi connectivity index (χ0v) is 11.6. The first-order valence-corrected chi connectivity index (χ1v) is 7.42. The predicted molar refractivity (Wildman–Crippen MR) is 71.6 cm³/mol. The number of fused-ring (bicyclic) bond motifs is 1. The van der Waals surface area contributed by atoms with Crippen LogP contribution in [-0.4, -0.2) is 39.3 Å². The van der Waals surface area contributed by atoms with E-state index in [1.807, 2.05) is 0 Å². The molecule has 2 atom stereocenters. The molecule has 2 unspecified atom stereocenters. The molecule has 4 heteroatoms. The molecule has 3 heterocycles. The van der Waals surface area contributed by atoms with Crippen LogP contribution in [0.4, 0.5) is 0 Å². The van der Waals surface area contributed by atoms with Gasteiger partial charge in [-0.05, 0) is 38.3 Å². The van der Waals surface area contributed by atoms with Crippen molar-refractivity contribution < 1.29 is 0 Å². The average Bonchev–Trinajstić information content (AvgIpc) is 2.81. The van der Waals surface area contributed by atoms with Crippen molar-refractivity contribution in [2.45, 2.75) is 52.0 Å². The van der Waals surface area contributed by atoms with E-state index in [0.29, 0.717) is 5.92 Å². The largest absolute Gasteiger partial charge is 0.315 e. The van der Waals surface area contributed by atoms with Gasteiger partial charge in [0.1, 0.15) is 11.6 Å². The van der Waals surface area contributed by atoms with Gasteiger partial charge in [-0.1, -0.05) is 13.8 Å². The Morgan fingerprint density at radius 3 is 2.94 bits per heavy atom. The highest BCUT2D eigenvalue weighted by atomic mass is 15.3. The molecule has 1 fully saturated rings. The van der Waals surface area contributed by atoms with Crippen molar-refractivity contribution in [1.82, 2.24) is 19.7 Å². The Morgan fingerprint density at radius 1 is 1.22 bits per heavy atom. The number of nitrogens with zero attached hydrogens (tertiary/aromatic N) is 4. The summed E-state index contributed by atoms with van der Waals surface area (Å²) >= 11 is 0. The lowest BCUT2D eigenvalue weighted by molar-refractivity contribution is 0.210. The molecule has 2 aliphatic rings. The lowest BCUT2D eigenvalue weighted by Gasteiger charge is -2.32. The van der Waals surface area contributed by atoms with Gasteiger partial charge in [0.05, 0.1) is 0 Å². The molecule has 18 heavy (non-hydrogen) atoms. The molecule has 0 aromatic carbocycles. The van der Waals surface area contributed by atoms with E-state index >= 15 is 0 Å². The lowest BCUT2D eigenvalue weighted by atomic mass is 9.95. The Labute approximate surface area is 109 Å². The van der Waals surface area contributed by atoms with Crippen LogP contribution >= 0.6 is 0 Å². The van der Waals surface area contributed by atoms with E-state index in [-0.39, 0.29) is 0 Å². The highest BCUT2D eigenvalue weighted by molar-refractivity contribution is 5.06. The fourth-order valence-electron chi connectivity index (χ4n) is 3.36. The minimum absolute atomic E-state index is 0.605. The molecule has 0 radical (unpaired) electrons. The third kappa shape index (κ3) is 2.18. The predicted octanol–water partition coefficient (Wildman–Crippen LogP) is 2.06. The highest BCUT2D eigenvalue weighted by Crippen LogP contribution is 2.29. The van der Waals surface area contributed by atoms with Crippen LogP contribution in [0.25, 0.3) is 0 Å². The maximum atomic E-state index is 4.51. The summed E-state index contributed by atoms with van der Waals surface area (Å²) in [7, 11) is 0. The van der Waals surface area contributed by atoms with Crippen molar-refractivity contribution >= 4 is 0 Å². The molecule has 1 aromatic rings. The van der Waals surface area contributed by atoms with E-state index in [1.54, 1.807) is 0 Å². The summed E-state index contributed by atoms with van der Waals surface area (Å²) in [5.74, 6) is 3.86. The number of rotatable bonds is 2. The highest BCUT2D eigenvalue weighted by Gasteiger charge is 2.28. The molecule has 0 saturated carbocycles. The van der Waals surface area contributed by atoms with Crippen molar-refractivity contribution in [1.29, 1.82) is 0 Å². The van der Waals surface area contributed by atoms with Crippen LogP contribution in [0, 0.1) is 5.92 Å². The molecule has 2 aliphatic heterocycles. The SMILES string of the molecule is CCN1CCCC(c2nnc3n2CCC(C)C3)C1. The molecular weight excluding hydrogens is 224 g/mol. The van der Waals surface area contributed by atoms with Crippen molar-refractivity contribution in [3.8, 4) is 0 Å². The van der Waals surface area contributed by atoms with Gasteiger partial charge in [-0.25, -0.2) is 0 Å². The smallest absolute Gasteiger partial charge is 0.137 e. The van der Waals surface area contributed by atoms with E-state index in [9.17, 15) is 0 Å². The molecule has 1 saturated heterocycles. The van der Waals surface area contributed by atoms with Crippen LogP contribution in [-0.2, 0) is 13.0 Å². The van der Waals surface area contributed by atoms with Crippen molar-refractivity contribution in [2.24, 2.45) is 5.92 Å². The van der Waals surface area contributed by atoms with Gasteiger partial charge in [0.15, 0.2) is 0 Å². The maximum absolute atomic E-state index is 4.51. The van der Waals surface area contributed by atoms with Crippen LogP contribution in [0.15, 0.2) is 0 Å². The Kier molecular flexibility index (Phi) is 3.37. The topological polar surface area (TPSA) is 34.0 Å². The van der Waals surface area contributed by atoms with Crippen LogP contribution in [0.3, 0.4) is 0 Å². The van der Waals surface area contributed by atoms with Gasteiger partial charge in [0.2, 0.25) is 0 Å². The number of piperidine rings is 1. The quantitative estimate of drug-likeness (QED) is 0.803. The maximum Gasteiger partial charge on any atom is 0.137 e. The fraction of sp³-hybridized carbons (Fsp3) is 0.857. The van der Waals surface area contributed by atoms with Crippen LogP contribution < -0.4 is 0 Å². The van der Waals surface area contributed by atoms with Gasteiger partial charge in [-0.3, -0.25) is 0 Å². The van der Waals surface area contributed by atoms with E-state index in [1.165, 1.54) is 44.0 Å². The normalized spacial score (nSPS) is 29.2. The molecule has 0 N–H and O–H groups in total. The standard InChI is InChI=1S/C14H24N4/c1-3-17-7-4-5-12(10-17)14-16-15-13-9-11(2)6-8-18(13)14/h11-12H,3-10H2,1-2H3. The second-order valence-electron chi connectivity index (χ2n) is 5.96. The second kappa shape index (κ2) is 5.00. The summed E-state index contributed by atoms with van der Waals surface area (Å²) in [6, 6.07) is 0. The molecule has 100 valence electrons. The van der Waals surface area contributed by atoms with E-state index in [4.69, 9.17) is 0 Å². The zero-order valence-electron chi connectivity index (χ0n) is 11.6. The Balaban J connectivity index is 1.80. The number of hydrogen-bond acceptors (Lipinski definition) is 3. The summed E-state index contributed by atoms with van der Waals surface area (Å²) in [5.41, 5.74) is 0. The number of likely N-dealkylation sites (N-methyl/N-ethyl adjacent to an activating group) is 1. The molecule has 0 bridgehead atoms. The lowest BCUT2D eigenvalue weighted by Crippen LogP contribution is -2.35. The first kappa shape index (κ1) is 12.2. The minimum Gasteiger partial charge on any atom is -0.315 e. The van der Waals surface area contributed by atoms with E-state index in [2.05, 4.69) is 33.5 Å². The minimum atomic E-state index is 0.605. The molecule has 0 amide bonds. The van der Waals surface area contributed by atoms with Crippen molar-refractivity contribution in [2.75, 3.05) is 19.6 Å². The molecule has 1 aromatic heterocycles. The second-order valence-corrected chi connectivity index (χ2v) is 5.96.